The molecule has 0 radical (unpaired) electrons. The highest BCUT2D eigenvalue weighted by Crippen LogP contribution is 2.22. The summed E-state index contributed by atoms with van der Waals surface area (Å²) in [6.45, 7) is 0.855. The molecule has 3 rings (SSSR count). The van der Waals surface area contributed by atoms with Gasteiger partial charge < -0.3 is 4.74 Å². The minimum atomic E-state index is 0.851. The van der Waals surface area contributed by atoms with Gasteiger partial charge in [-0.2, -0.15) is 5.10 Å². The molecule has 4 heteroatoms. The van der Waals surface area contributed by atoms with Gasteiger partial charge in [-0.15, -0.1) is 0 Å². The monoisotopic (exact) mass is 279 g/mol. The SMILES string of the molecule is COc1ccc(N2CCC(N=Cc3ccccc3)=N2)cc1. The molecule has 0 N–H and O–H groups in total. The predicted octanol–water partition coefficient (Wildman–Crippen LogP) is 3.34. The van der Waals surface area contributed by atoms with Gasteiger partial charge in [0.25, 0.3) is 0 Å². The molecule has 4 nitrogen and oxygen atoms in total. The van der Waals surface area contributed by atoms with Gasteiger partial charge in [-0.1, -0.05) is 30.3 Å². The number of aliphatic imine (C=N–C) groups is 1. The summed E-state index contributed by atoms with van der Waals surface area (Å²) in [4.78, 5) is 4.46. The van der Waals surface area contributed by atoms with E-state index in [4.69, 9.17) is 4.74 Å². The first kappa shape index (κ1) is 13.4. The van der Waals surface area contributed by atoms with Gasteiger partial charge in [0.05, 0.1) is 12.8 Å². The van der Waals surface area contributed by atoms with Crippen molar-refractivity contribution in [2.75, 3.05) is 18.7 Å². The highest BCUT2D eigenvalue weighted by molar-refractivity contribution is 5.96. The van der Waals surface area contributed by atoms with E-state index in [-0.39, 0.29) is 0 Å². The lowest BCUT2D eigenvalue weighted by Gasteiger charge is -2.13. The van der Waals surface area contributed by atoms with Crippen LogP contribution in [0.2, 0.25) is 0 Å². The van der Waals surface area contributed by atoms with Crippen LogP contribution in [0.5, 0.6) is 5.75 Å². The van der Waals surface area contributed by atoms with Crippen molar-refractivity contribution in [3.63, 3.8) is 0 Å². The minimum Gasteiger partial charge on any atom is -0.497 e. The van der Waals surface area contributed by atoms with Gasteiger partial charge >= 0.3 is 0 Å². The van der Waals surface area contributed by atoms with E-state index in [1.165, 1.54) is 0 Å². The molecule has 1 heterocycles. The number of amidine groups is 1. The number of methoxy groups -OCH3 is 1. The van der Waals surface area contributed by atoms with Gasteiger partial charge in [-0.05, 0) is 29.8 Å². The maximum absolute atomic E-state index is 5.16. The Hall–Kier alpha value is -2.62. The summed E-state index contributed by atoms with van der Waals surface area (Å²) >= 11 is 0. The Labute approximate surface area is 124 Å². The molecule has 0 saturated carbocycles. The summed E-state index contributed by atoms with van der Waals surface area (Å²) in [6, 6.07) is 17.9. The van der Waals surface area contributed by atoms with E-state index in [1.807, 2.05) is 65.8 Å². The highest BCUT2D eigenvalue weighted by atomic mass is 16.5. The fourth-order valence-corrected chi connectivity index (χ4v) is 2.16. The van der Waals surface area contributed by atoms with Gasteiger partial charge in [0, 0.05) is 19.2 Å². The van der Waals surface area contributed by atoms with E-state index < -0.39 is 0 Å². The zero-order valence-electron chi connectivity index (χ0n) is 11.9. The number of hydrogen-bond donors (Lipinski definition) is 0. The van der Waals surface area contributed by atoms with Crippen LogP contribution in [0.1, 0.15) is 12.0 Å². The number of hydrogen-bond acceptors (Lipinski definition) is 4. The number of hydrazone groups is 1. The second kappa shape index (κ2) is 6.22. The Morgan fingerprint density at radius 2 is 1.86 bits per heavy atom. The predicted molar refractivity (Wildman–Crippen MR) is 86.4 cm³/mol. The summed E-state index contributed by atoms with van der Waals surface area (Å²) in [5, 5.41) is 6.51. The third kappa shape index (κ3) is 3.28. The van der Waals surface area contributed by atoms with Crippen LogP contribution in [0.25, 0.3) is 0 Å². The molecule has 0 spiro atoms. The molecule has 1 aliphatic heterocycles. The quantitative estimate of drug-likeness (QED) is 0.808. The first-order chi connectivity index (χ1) is 10.3. The van der Waals surface area contributed by atoms with Crippen LogP contribution >= 0.6 is 0 Å². The van der Waals surface area contributed by atoms with Crippen molar-refractivity contribution in [2.45, 2.75) is 6.42 Å². The van der Waals surface area contributed by atoms with Crippen molar-refractivity contribution in [3.8, 4) is 5.75 Å². The van der Waals surface area contributed by atoms with Crippen molar-refractivity contribution in [1.29, 1.82) is 0 Å². The second-order valence-corrected chi connectivity index (χ2v) is 4.76. The van der Waals surface area contributed by atoms with Gasteiger partial charge in [-0.3, -0.25) is 5.01 Å². The largest absolute Gasteiger partial charge is 0.497 e. The van der Waals surface area contributed by atoms with E-state index in [1.54, 1.807) is 7.11 Å². The van der Waals surface area contributed by atoms with Crippen LogP contribution in [-0.4, -0.2) is 25.7 Å². The molecule has 0 atom stereocenters. The molecule has 0 aliphatic carbocycles. The molecule has 21 heavy (non-hydrogen) atoms. The first-order valence-electron chi connectivity index (χ1n) is 6.93. The number of benzene rings is 2. The normalized spacial score (nSPS) is 14.5. The molecule has 0 bridgehead atoms. The molecule has 0 unspecified atom stereocenters. The zero-order chi connectivity index (χ0) is 14.5. The third-order valence-electron chi connectivity index (χ3n) is 3.32. The number of nitrogens with zero attached hydrogens (tertiary/aromatic N) is 3. The number of rotatable bonds is 3. The Morgan fingerprint density at radius 1 is 1.10 bits per heavy atom. The Morgan fingerprint density at radius 3 is 2.57 bits per heavy atom. The van der Waals surface area contributed by atoms with Crippen molar-refractivity contribution in [2.24, 2.45) is 10.1 Å². The molecule has 106 valence electrons. The molecule has 0 aromatic heterocycles. The topological polar surface area (TPSA) is 37.2 Å². The Kier molecular flexibility index (Phi) is 3.96. The molecule has 2 aromatic carbocycles. The van der Waals surface area contributed by atoms with Crippen LogP contribution in [0.15, 0.2) is 64.7 Å². The average molecular weight is 279 g/mol. The van der Waals surface area contributed by atoms with E-state index >= 15 is 0 Å². The van der Waals surface area contributed by atoms with Crippen LogP contribution in [0.3, 0.4) is 0 Å². The van der Waals surface area contributed by atoms with E-state index in [0.717, 1.165) is 35.8 Å². The van der Waals surface area contributed by atoms with Gasteiger partial charge in [-0.25, -0.2) is 4.99 Å². The Bertz CT molecular complexity index is 647. The highest BCUT2D eigenvalue weighted by Gasteiger charge is 2.14. The number of anilines is 1. The maximum Gasteiger partial charge on any atom is 0.150 e. The summed E-state index contributed by atoms with van der Waals surface area (Å²) in [7, 11) is 1.67. The lowest BCUT2D eigenvalue weighted by atomic mass is 10.2. The minimum absolute atomic E-state index is 0.851. The fraction of sp³-hybridized carbons (Fsp3) is 0.176. The molecule has 1 aliphatic rings. The van der Waals surface area contributed by atoms with Crippen LogP contribution in [0, 0.1) is 0 Å². The van der Waals surface area contributed by atoms with Crippen molar-refractivity contribution >= 4 is 17.7 Å². The zero-order valence-corrected chi connectivity index (χ0v) is 11.9. The third-order valence-corrected chi connectivity index (χ3v) is 3.32. The Balaban J connectivity index is 1.70. The standard InChI is InChI=1S/C17H17N3O/c1-21-16-9-7-15(8-10-16)20-12-11-17(19-20)18-13-14-5-3-2-4-6-14/h2-10,13H,11-12H2,1H3. The molecule has 0 amide bonds. The molecular weight excluding hydrogens is 262 g/mol. The van der Waals surface area contributed by atoms with Gasteiger partial charge in [0.2, 0.25) is 0 Å². The van der Waals surface area contributed by atoms with Crippen LogP contribution < -0.4 is 9.75 Å². The first-order valence-corrected chi connectivity index (χ1v) is 6.93. The summed E-state index contributed by atoms with van der Waals surface area (Å²) in [5.41, 5.74) is 2.14. The smallest absolute Gasteiger partial charge is 0.150 e. The molecule has 0 fully saturated rings. The van der Waals surface area contributed by atoms with E-state index in [0.29, 0.717) is 0 Å². The van der Waals surface area contributed by atoms with Crippen LogP contribution in [0.4, 0.5) is 5.69 Å². The lowest BCUT2D eigenvalue weighted by Crippen LogP contribution is -2.11. The van der Waals surface area contributed by atoms with Crippen molar-refractivity contribution < 1.29 is 4.74 Å². The van der Waals surface area contributed by atoms with Gasteiger partial charge in [0.15, 0.2) is 5.84 Å². The summed E-state index contributed by atoms with van der Waals surface area (Å²) in [6.07, 6.45) is 2.71. The fourth-order valence-electron chi connectivity index (χ4n) is 2.16. The van der Waals surface area contributed by atoms with Crippen molar-refractivity contribution in [3.05, 3.63) is 60.2 Å². The maximum atomic E-state index is 5.16. The van der Waals surface area contributed by atoms with E-state index in [2.05, 4.69) is 10.1 Å². The lowest BCUT2D eigenvalue weighted by molar-refractivity contribution is 0.415. The second-order valence-electron chi connectivity index (χ2n) is 4.76. The summed E-state index contributed by atoms with van der Waals surface area (Å²) < 4.78 is 5.16. The average Bonchev–Trinajstić information content (AvgIpc) is 3.03. The van der Waals surface area contributed by atoms with Crippen LogP contribution in [-0.2, 0) is 0 Å². The van der Waals surface area contributed by atoms with E-state index in [9.17, 15) is 0 Å². The van der Waals surface area contributed by atoms with Crippen molar-refractivity contribution in [1.82, 2.24) is 0 Å². The molecule has 0 saturated heterocycles. The molecular formula is C17H17N3O. The van der Waals surface area contributed by atoms with Gasteiger partial charge in [0.1, 0.15) is 5.75 Å². The molecule has 2 aromatic rings. The summed E-state index contributed by atoms with van der Waals surface area (Å²) in [5.74, 6) is 1.71. The number of ether oxygens (including phenoxy) is 1.